The lowest BCUT2D eigenvalue weighted by Crippen LogP contribution is -2.35. The molecule has 0 unspecified atom stereocenters. The number of aromatic nitrogens is 2. The molecule has 1 aromatic carbocycles. The number of hydrogen-bond acceptors (Lipinski definition) is 17. The molecule has 2 aromatic heterocycles. The number of benzene rings is 1. The van der Waals surface area contributed by atoms with Crippen LogP contribution in [0.25, 0.3) is 0 Å². The number of pyridine rings is 2. The molecule has 1 N–H and O–H groups in total. The van der Waals surface area contributed by atoms with Crippen molar-refractivity contribution in [3.8, 4) is 11.2 Å². The molecule has 1 aliphatic heterocycles. The summed E-state index contributed by atoms with van der Waals surface area (Å²) >= 11 is 2.83. The van der Waals surface area contributed by atoms with Crippen molar-refractivity contribution >= 4 is 35.5 Å². The monoisotopic (exact) mass is 857 g/mol. The number of esters is 1. The Morgan fingerprint density at radius 3 is 2.02 bits per heavy atom. The van der Waals surface area contributed by atoms with Gasteiger partial charge in [-0.25, -0.2) is 19.6 Å². The Morgan fingerprint density at radius 1 is 0.780 bits per heavy atom. The van der Waals surface area contributed by atoms with E-state index in [0.29, 0.717) is 130 Å². The average Bonchev–Trinajstić information content (AvgIpc) is 3.24. The van der Waals surface area contributed by atoms with Gasteiger partial charge in [-0.1, -0.05) is 12.1 Å². The highest BCUT2D eigenvalue weighted by molar-refractivity contribution is 8.03. The van der Waals surface area contributed by atoms with Gasteiger partial charge in [-0.2, -0.15) is 17.0 Å². The van der Waals surface area contributed by atoms with Gasteiger partial charge in [-0.15, -0.1) is 0 Å². The van der Waals surface area contributed by atoms with Crippen molar-refractivity contribution in [2.75, 3.05) is 124 Å². The fourth-order valence-corrected chi connectivity index (χ4v) is 6.85. The minimum atomic E-state index is -1.07. The van der Waals surface area contributed by atoms with E-state index in [2.05, 4.69) is 19.8 Å². The molecule has 322 valence electrons. The zero-order valence-electron chi connectivity index (χ0n) is 33.6. The number of carbonyl (C=O) groups excluding carboxylic acids is 1. The number of thioether (sulfide) groups is 2. The van der Waals surface area contributed by atoms with Crippen molar-refractivity contribution in [3.63, 3.8) is 0 Å². The summed E-state index contributed by atoms with van der Waals surface area (Å²) in [6, 6.07) is 17.7. The SMILES string of the molecule is COC(=O)c1cccc(CN2CCOCCOCCN(Cc3cccc(C(=O)O)n3)CCOC[C@@H](CSCCOCCOCCOc3ccc(SC#N)cc3)OCC2)n1. The van der Waals surface area contributed by atoms with Gasteiger partial charge < -0.3 is 43.0 Å². The van der Waals surface area contributed by atoms with Gasteiger partial charge in [0, 0.05) is 55.7 Å². The van der Waals surface area contributed by atoms with Crippen molar-refractivity contribution in [2.24, 2.45) is 0 Å². The second kappa shape index (κ2) is 29.4. The number of rotatable bonds is 19. The molecule has 1 aliphatic rings. The maximum atomic E-state index is 12.1. The van der Waals surface area contributed by atoms with Gasteiger partial charge >= 0.3 is 11.9 Å². The van der Waals surface area contributed by atoms with Crippen LogP contribution in [-0.2, 0) is 46.2 Å². The quantitative estimate of drug-likeness (QED) is 0.0785. The highest BCUT2D eigenvalue weighted by Gasteiger charge is 2.16. The maximum absolute atomic E-state index is 12.1. The van der Waals surface area contributed by atoms with Crippen LogP contribution >= 0.6 is 23.5 Å². The number of nitrogens with zero attached hydrogens (tertiary/aromatic N) is 5. The number of carbonyl (C=O) groups is 2. The molecule has 1 atom stereocenters. The lowest BCUT2D eigenvalue weighted by Gasteiger charge is -2.25. The van der Waals surface area contributed by atoms with E-state index in [1.54, 1.807) is 30.0 Å². The molecular weight excluding hydrogens is 803 g/mol. The predicted octanol–water partition coefficient (Wildman–Crippen LogP) is 4.13. The number of thiocyanates is 1. The molecule has 4 rings (SSSR count). The summed E-state index contributed by atoms with van der Waals surface area (Å²) in [6.07, 6.45) is -0.187. The molecule has 0 aliphatic carbocycles. The van der Waals surface area contributed by atoms with Gasteiger partial charge in [0.1, 0.15) is 29.1 Å². The van der Waals surface area contributed by atoms with Gasteiger partial charge in [0.25, 0.3) is 0 Å². The van der Waals surface area contributed by atoms with Crippen molar-refractivity contribution < 1.29 is 52.6 Å². The fourth-order valence-electron chi connectivity index (χ4n) is 5.61. The molecule has 1 fully saturated rings. The van der Waals surface area contributed by atoms with E-state index in [1.165, 1.54) is 13.2 Å². The number of carboxylic acid groups (broad SMARTS) is 1. The number of carboxylic acids is 1. The highest BCUT2D eigenvalue weighted by Crippen LogP contribution is 2.20. The summed E-state index contributed by atoms with van der Waals surface area (Å²) in [5.41, 5.74) is 1.65. The second-order valence-corrected chi connectivity index (χ2v) is 15.0. The second-order valence-electron chi connectivity index (χ2n) is 13.0. The first-order valence-electron chi connectivity index (χ1n) is 19.5. The van der Waals surface area contributed by atoms with Crippen molar-refractivity contribution in [1.82, 2.24) is 19.8 Å². The molecule has 59 heavy (non-hydrogen) atoms. The van der Waals surface area contributed by atoms with E-state index in [9.17, 15) is 14.7 Å². The Labute approximate surface area is 354 Å². The molecule has 0 radical (unpaired) electrons. The van der Waals surface area contributed by atoms with Crippen LogP contribution in [-0.4, -0.2) is 167 Å². The van der Waals surface area contributed by atoms with E-state index in [1.807, 2.05) is 41.8 Å². The van der Waals surface area contributed by atoms with E-state index in [-0.39, 0.29) is 17.5 Å². The molecule has 18 heteroatoms. The summed E-state index contributed by atoms with van der Waals surface area (Å²) in [7, 11) is 1.34. The Kier molecular flexibility index (Phi) is 23.8. The van der Waals surface area contributed by atoms with Crippen LogP contribution in [0.4, 0.5) is 0 Å². The molecule has 16 nitrogen and oxygen atoms in total. The van der Waals surface area contributed by atoms with Crippen molar-refractivity contribution in [3.05, 3.63) is 83.4 Å². The van der Waals surface area contributed by atoms with Gasteiger partial charge in [0.05, 0.1) is 97.3 Å². The fraction of sp³-hybridized carbons (Fsp3) is 0.537. The first-order chi connectivity index (χ1) is 28.9. The van der Waals surface area contributed by atoms with Gasteiger partial charge in [-0.3, -0.25) is 9.80 Å². The van der Waals surface area contributed by atoms with Crippen molar-refractivity contribution in [1.29, 1.82) is 5.26 Å². The standard InChI is InChI=1S/C41H55N5O11S2/c1-50-41(49)39-7-3-5-34(44-39)29-46-13-17-52-21-20-51-16-12-45(28-33-4-2-6-38(43-33)40(47)48)14-18-55-30-36(56-19-15-46)31-58-27-26-54-23-22-53-24-25-57-35-8-10-37(11-9-35)59-32-42/h2-11,36H,12-31H2,1H3,(H,47,48)/t36-/m0/s1. The number of ether oxygens (including phenoxy) is 8. The molecular formula is C41H55N5O11S2. The van der Waals surface area contributed by atoms with Crippen LogP contribution in [0, 0.1) is 10.7 Å². The Hall–Kier alpha value is -3.87. The van der Waals surface area contributed by atoms with Gasteiger partial charge in [-0.05, 0) is 60.3 Å². The number of aromatic carboxylic acids is 1. The Morgan fingerprint density at radius 2 is 1.37 bits per heavy atom. The first-order valence-corrected chi connectivity index (χ1v) is 21.5. The number of methoxy groups -OCH3 is 1. The third-order valence-electron chi connectivity index (χ3n) is 8.62. The molecule has 0 bridgehead atoms. The number of hydrogen-bond donors (Lipinski definition) is 1. The topological polar surface area (TPSA) is 184 Å². The van der Waals surface area contributed by atoms with Gasteiger partial charge in [0.15, 0.2) is 0 Å². The van der Waals surface area contributed by atoms with E-state index in [4.69, 9.17) is 43.2 Å². The zero-order valence-corrected chi connectivity index (χ0v) is 35.2. The summed E-state index contributed by atoms with van der Waals surface area (Å²) in [5.74, 6) is 0.643. The van der Waals surface area contributed by atoms with Gasteiger partial charge in [0.2, 0.25) is 0 Å². The normalized spacial score (nSPS) is 17.0. The zero-order chi connectivity index (χ0) is 41.8. The molecule has 0 saturated carbocycles. The first kappa shape index (κ1) is 47.8. The lowest BCUT2D eigenvalue weighted by molar-refractivity contribution is -0.0238. The third-order valence-corrected chi connectivity index (χ3v) is 10.3. The lowest BCUT2D eigenvalue weighted by atomic mass is 10.2. The summed E-state index contributed by atoms with van der Waals surface area (Å²) in [5, 5.41) is 20.2. The average molecular weight is 858 g/mol. The van der Waals surface area contributed by atoms with Crippen LogP contribution in [0.1, 0.15) is 32.4 Å². The molecule has 0 amide bonds. The third kappa shape index (κ3) is 20.3. The van der Waals surface area contributed by atoms with Crippen molar-refractivity contribution in [2.45, 2.75) is 24.1 Å². The molecule has 1 saturated heterocycles. The predicted molar refractivity (Wildman–Crippen MR) is 222 cm³/mol. The smallest absolute Gasteiger partial charge is 0.356 e. The molecule has 3 heterocycles. The minimum Gasteiger partial charge on any atom is -0.491 e. The number of nitriles is 1. The summed E-state index contributed by atoms with van der Waals surface area (Å²) < 4.78 is 46.4. The summed E-state index contributed by atoms with van der Waals surface area (Å²) in [4.78, 5) is 37.6. The summed E-state index contributed by atoms with van der Waals surface area (Å²) in [6.45, 7) is 8.73. The molecule has 0 spiro atoms. The molecule has 3 aromatic rings. The highest BCUT2D eigenvalue weighted by atomic mass is 32.2. The van der Waals surface area contributed by atoms with Crippen LogP contribution in [0.3, 0.4) is 0 Å². The van der Waals surface area contributed by atoms with Crippen LogP contribution in [0.15, 0.2) is 65.6 Å². The van der Waals surface area contributed by atoms with Crippen LogP contribution in [0.2, 0.25) is 0 Å². The maximum Gasteiger partial charge on any atom is 0.356 e. The van der Waals surface area contributed by atoms with E-state index >= 15 is 0 Å². The van der Waals surface area contributed by atoms with E-state index < -0.39 is 11.9 Å². The van der Waals surface area contributed by atoms with E-state index in [0.717, 1.165) is 33.9 Å². The minimum absolute atomic E-state index is 0.00652. The largest absolute Gasteiger partial charge is 0.491 e. The van der Waals surface area contributed by atoms with Crippen LogP contribution in [0.5, 0.6) is 5.75 Å². The van der Waals surface area contributed by atoms with Crippen LogP contribution < -0.4 is 4.74 Å². The Bertz CT molecular complexity index is 1690. The Balaban J connectivity index is 1.24.